The lowest BCUT2D eigenvalue weighted by Gasteiger charge is -2.21. The lowest BCUT2D eigenvalue weighted by atomic mass is 9.87. The fourth-order valence-corrected chi connectivity index (χ4v) is 5.31. The minimum atomic E-state index is -1.26. The molecule has 0 amide bonds. The van der Waals surface area contributed by atoms with E-state index in [-0.39, 0.29) is 18.1 Å². The molecule has 0 aromatic heterocycles. The van der Waals surface area contributed by atoms with E-state index in [1.54, 1.807) is 0 Å². The summed E-state index contributed by atoms with van der Waals surface area (Å²) in [5.74, 6) is 1.14. The van der Waals surface area contributed by atoms with Crippen molar-refractivity contribution in [1.29, 1.82) is 0 Å². The van der Waals surface area contributed by atoms with Crippen LogP contribution in [0.2, 0.25) is 0 Å². The first-order valence-corrected chi connectivity index (χ1v) is 11.7. The number of benzene rings is 2. The number of hydrogen-bond acceptors (Lipinski definition) is 3. The smallest absolute Gasteiger partial charge is 0.282 e. The molecule has 4 heteroatoms. The summed E-state index contributed by atoms with van der Waals surface area (Å²) in [5, 5.41) is 11.7. The van der Waals surface area contributed by atoms with E-state index in [2.05, 4.69) is 75.4 Å². The summed E-state index contributed by atoms with van der Waals surface area (Å²) in [6, 6.07) is 19.6. The Bertz CT molecular complexity index is 724. The van der Waals surface area contributed by atoms with Crippen molar-refractivity contribution < 1.29 is 14.3 Å². The predicted octanol–water partition coefficient (Wildman–Crippen LogP) is 3.14. The summed E-state index contributed by atoms with van der Waals surface area (Å²) in [5.41, 5.74) is 1.51. The van der Waals surface area contributed by atoms with Crippen LogP contribution < -0.4 is 10.4 Å². The Labute approximate surface area is 171 Å². The lowest BCUT2D eigenvalue weighted by molar-refractivity contribution is 0.0168. The van der Waals surface area contributed by atoms with Crippen molar-refractivity contribution in [3.63, 3.8) is 0 Å². The molecule has 0 bridgehead atoms. The number of aliphatic hydroxyl groups is 1. The Morgan fingerprint density at radius 3 is 2.18 bits per heavy atom. The van der Waals surface area contributed by atoms with Gasteiger partial charge in [0.05, 0.1) is 19.3 Å². The molecule has 0 heterocycles. The zero-order chi connectivity index (χ0) is 20.1. The van der Waals surface area contributed by atoms with E-state index in [0.717, 1.165) is 19.6 Å². The standard InChI is InChI=1S/C24H33O3Si/c1-18(15-25)26-16-19-14-20(19)17-27-28(22-8-6-5-7-9-22)23-12-10-21(11-13-23)24(2,3)4/h5-13,18-20,25H,14-17H2,1-4H3/t18?,19-,20-/m1/s1. The van der Waals surface area contributed by atoms with Gasteiger partial charge < -0.3 is 14.3 Å². The summed E-state index contributed by atoms with van der Waals surface area (Å²) in [4.78, 5) is 0. The van der Waals surface area contributed by atoms with E-state index in [1.807, 2.05) is 6.92 Å². The molecule has 2 aromatic rings. The van der Waals surface area contributed by atoms with Gasteiger partial charge in [0.25, 0.3) is 9.04 Å². The second-order valence-electron chi connectivity index (χ2n) is 8.92. The van der Waals surface area contributed by atoms with Crippen LogP contribution in [-0.4, -0.2) is 40.1 Å². The van der Waals surface area contributed by atoms with Gasteiger partial charge in [-0.15, -0.1) is 0 Å². The SMILES string of the molecule is CC(CO)OC[C@H]1C[C@@H]1CO[Si](c1ccccc1)c1ccc(C(C)(C)C)cc1. The van der Waals surface area contributed by atoms with E-state index in [0.29, 0.717) is 11.8 Å². The molecular formula is C24H33O3Si. The highest BCUT2D eigenvalue weighted by Crippen LogP contribution is 2.39. The van der Waals surface area contributed by atoms with Crippen molar-refractivity contribution in [3.8, 4) is 0 Å². The average Bonchev–Trinajstić information content (AvgIpc) is 3.45. The predicted molar refractivity (Wildman–Crippen MR) is 117 cm³/mol. The van der Waals surface area contributed by atoms with Gasteiger partial charge in [-0.25, -0.2) is 0 Å². The monoisotopic (exact) mass is 397 g/mol. The second kappa shape index (κ2) is 9.36. The van der Waals surface area contributed by atoms with Gasteiger partial charge in [0.2, 0.25) is 0 Å². The second-order valence-corrected chi connectivity index (χ2v) is 11.0. The molecule has 1 fully saturated rings. The van der Waals surface area contributed by atoms with Crippen LogP contribution in [0.5, 0.6) is 0 Å². The molecule has 3 nitrogen and oxygen atoms in total. The molecular weight excluding hydrogens is 364 g/mol. The van der Waals surface area contributed by atoms with E-state index in [9.17, 15) is 0 Å². The van der Waals surface area contributed by atoms with Crippen LogP contribution in [0, 0.1) is 11.8 Å². The molecule has 1 saturated carbocycles. The van der Waals surface area contributed by atoms with Crippen LogP contribution in [0.4, 0.5) is 0 Å². The first-order chi connectivity index (χ1) is 13.4. The van der Waals surface area contributed by atoms with Crippen molar-refractivity contribution >= 4 is 19.4 Å². The normalized spacial score (nSPS) is 20.4. The van der Waals surface area contributed by atoms with E-state index in [4.69, 9.17) is 14.3 Å². The Hall–Kier alpha value is -1.46. The highest BCUT2D eigenvalue weighted by Gasteiger charge is 2.38. The van der Waals surface area contributed by atoms with Crippen molar-refractivity contribution in [2.24, 2.45) is 11.8 Å². The average molecular weight is 398 g/mol. The van der Waals surface area contributed by atoms with Crippen molar-refractivity contribution in [1.82, 2.24) is 0 Å². The molecule has 1 radical (unpaired) electrons. The van der Waals surface area contributed by atoms with Gasteiger partial charge in [0.1, 0.15) is 0 Å². The molecule has 0 saturated heterocycles. The quantitative estimate of drug-likeness (QED) is 0.661. The first-order valence-electron chi connectivity index (χ1n) is 10.3. The summed E-state index contributed by atoms with van der Waals surface area (Å²) >= 11 is 0. The van der Waals surface area contributed by atoms with Crippen molar-refractivity contribution in [2.75, 3.05) is 19.8 Å². The van der Waals surface area contributed by atoms with Crippen LogP contribution in [0.1, 0.15) is 39.7 Å². The molecule has 0 spiro atoms. The summed E-state index contributed by atoms with van der Waals surface area (Å²) in [7, 11) is -1.26. The maximum Gasteiger partial charge on any atom is 0.282 e. The molecule has 1 aliphatic rings. The Morgan fingerprint density at radius 2 is 1.57 bits per heavy atom. The summed E-state index contributed by atoms with van der Waals surface area (Å²) in [6.07, 6.45) is 1.08. The highest BCUT2D eigenvalue weighted by molar-refractivity contribution is 6.80. The summed E-state index contributed by atoms with van der Waals surface area (Å²) < 4.78 is 12.2. The van der Waals surface area contributed by atoms with Gasteiger partial charge >= 0.3 is 0 Å². The molecule has 151 valence electrons. The van der Waals surface area contributed by atoms with E-state index in [1.165, 1.54) is 15.9 Å². The van der Waals surface area contributed by atoms with Crippen molar-refractivity contribution in [3.05, 3.63) is 60.2 Å². The molecule has 2 aromatic carbocycles. The molecule has 1 aliphatic carbocycles. The zero-order valence-corrected chi connectivity index (χ0v) is 18.5. The third-order valence-corrected chi connectivity index (χ3v) is 7.58. The van der Waals surface area contributed by atoms with E-state index < -0.39 is 9.04 Å². The van der Waals surface area contributed by atoms with E-state index >= 15 is 0 Å². The van der Waals surface area contributed by atoms with Gasteiger partial charge in [-0.3, -0.25) is 0 Å². The fraction of sp³-hybridized carbons (Fsp3) is 0.500. The number of hydrogen-bond donors (Lipinski definition) is 1. The Balaban J connectivity index is 1.64. The van der Waals surface area contributed by atoms with Crippen LogP contribution in [0.3, 0.4) is 0 Å². The van der Waals surface area contributed by atoms with Crippen molar-refractivity contribution in [2.45, 2.75) is 45.6 Å². The maximum atomic E-state index is 9.09. The maximum absolute atomic E-state index is 9.09. The molecule has 3 rings (SSSR count). The van der Waals surface area contributed by atoms with Crippen LogP contribution in [0.25, 0.3) is 0 Å². The largest absolute Gasteiger partial charge is 0.407 e. The number of ether oxygens (including phenoxy) is 1. The minimum absolute atomic E-state index is 0.0764. The van der Waals surface area contributed by atoms with Gasteiger partial charge in [0, 0.05) is 6.61 Å². The van der Waals surface area contributed by atoms with Gasteiger partial charge in [-0.1, -0.05) is 75.4 Å². The van der Waals surface area contributed by atoms with Gasteiger partial charge in [-0.2, -0.15) is 0 Å². The molecule has 1 unspecified atom stereocenters. The van der Waals surface area contributed by atoms with Gasteiger partial charge in [0.15, 0.2) is 0 Å². The Kier molecular flexibility index (Phi) is 7.10. The lowest BCUT2D eigenvalue weighted by Crippen LogP contribution is -2.45. The Morgan fingerprint density at radius 1 is 0.964 bits per heavy atom. The third kappa shape index (κ3) is 5.77. The molecule has 3 atom stereocenters. The summed E-state index contributed by atoms with van der Waals surface area (Å²) in [6.45, 7) is 10.2. The first kappa shape index (κ1) is 21.3. The number of rotatable bonds is 9. The van der Waals surface area contributed by atoms with Gasteiger partial charge in [-0.05, 0) is 46.5 Å². The van der Waals surface area contributed by atoms with Crippen LogP contribution in [-0.2, 0) is 14.6 Å². The molecule has 0 aliphatic heterocycles. The molecule has 1 N–H and O–H groups in total. The highest BCUT2D eigenvalue weighted by atomic mass is 28.3. The minimum Gasteiger partial charge on any atom is -0.407 e. The van der Waals surface area contributed by atoms with Crippen LogP contribution in [0.15, 0.2) is 54.6 Å². The zero-order valence-electron chi connectivity index (χ0n) is 17.5. The molecule has 28 heavy (non-hydrogen) atoms. The van der Waals surface area contributed by atoms with Crippen LogP contribution >= 0.6 is 0 Å². The fourth-order valence-electron chi connectivity index (χ4n) is 3.29. The third-order valence-electron chi connectivity index (χ3n) is 5.41. The number of aliphatic hydroxyl groups excluding tert-OH is 1. The topological polar surface area (TPSA) is 38.7 Å².